The number of methoxy groups -OCH3 is 2. The van der Waals surface area contributed by atoms with Gasteiger partial charge in [0.05, 0.1) is 37.9 Å². The molecule has 3 aliphatic rings. The second kappa shape index (κ2) is 12.2. The fourth-order valence-electron chi connectivity index (χ4n) is 5.47. The number of amides is 2. The number of carbonyl (C=O) groups excluding carboxylic acids is 2. The van der Waals surface area contributed by atoms with Crippen molar-refractivity contribution in [2.24, 2.45) is 0 Å². The lowest BCUT2D eigenvalue weighted by Gasteiger charge is -2.37. The number of esters is 1. The van der Waals surface area contributed by atoms with E-state index in [1.54, 1.807) is 11.1 Å². The molecule has 1 fully saturated rings. The Morgan fingerprint density at radius 1 is 1.10 bits per heavy atom. The lowest BCUT2D eigenvalue weighted by atomic mass is 10.1. The second-order valence-corrected chi connectivity index (χ2v) is 10.3. The van der Waals surface area contributed by atoms with E-state index < -0.39 is 24.7 Å². The molecule has 0 aliphatic carbocycles. The summed E-state index contributed by atoms with van der Waals surface area (Å²) in [5.74, 6) is -0.177. The van der Waals surface area contributed by atoms with Crippen molar-refractivity contribution in [1.82, 2.24) is 4.90 Å². The summed E-state index contributed by atoms with van der Waals surface area (Å²) in [6.07, 6.45) is 1.93. The van der Waals surface area contributed by atoms with Crippen LogP contribution in [0.25, 0.3) is 0 Å². The third-order valence-corrected chi connectivity index (χ3v) is 7.43. The zero-order chi connectivity index (χ0) is 29.1. The average molecular weight is 567 g/mol. The van der Waals surface area contributed by atoms with Gasteiger partial charge in [-0.05, 0) is 49.8 Å². The zero-order valence-electron chi connectivity index (χ0n) is 23.3. The largest absolute Gasteiger partial charge is 0.493 e. The number of benzene rings is 2. The maximum Gasteiger partial charge on any atom is 0.414 e. The number of fused-ring (bicyclic) bond motifs is 2. The van der Waals surface area contributed by atoms with Crippen LogP contribution in [0.4, 0.5) is 10.5 Å². The van der Waals surface area contributed by atoms with Gasteiger partial charge < -0.3 is 33.7 Å². The summed E-state index contributed by atoms with van der Waals surface area (Å²) in [6, 6.07) is 9.76. The van der Waals surface area contributed by atoms with Crippen molar-refractivity contribution < 1.29 is 43.2 Å². The van der Waals surface area contributed by atoms with Crippen LogP contribution >= 0.6 is 0 Å². The van der Waals surface area contributed by atoms with Gasteiger partial charge in [-0.3, -0.25) is 9.59 Å². The van der Waals surface area contributed by atoms with E-state index in [1.807, 2.05) is 31.2 Å². The van der Waals surface area contributed by atoms with E-state index in [1.165, 1.54) is 26.4 Å². The normalized spacial score (nSPS) is 21.9. The van der Waals surface area contributed by atoms with Crippen molar-refractivity contribution in [3.05, 3.63) is 64.9 Å². The standard InChI is InChI=1S/C30H34N2O9/c1-18-11-23-29(41-27-9-4-5-10-39-27)32(30(35)36)22-15-25(24(37-2)14-21(22)28(34)31(23)16-18)40-17-20-8-6-7-19(12-20)13-26(33)38-3/h6-8,12,14-16,23,27,29H,4-5,9-11,13,17H2,1-3H3,(H,35,36)/t23-,27?,29?/m0/s1. The first kappa shape index (κ1) is 28.4. The monoisotopic (exact) mass is 566 g/mol. The highest BCUT2D eigenvalue weighted by Gasteiger charge is 2.47. The highest BCUT2D eigenvalue weighted by molar-refractivity contribution is 6.06. The number of ether oxygens (including phenoxy) is 5. The highest BCUT2D eigenvalue weighted by atomic mass is 16.7. The molecule has 41 heavy (non-hydrogen) atoms. The van der Waals surface area contributed by atoms with Gasteiger partial charge in [-0.2, -0.15) is 0 Å². The molecule has 0 radical (unpaired) electrons. The summed E-state index contributed by atoms with van der Waals surface area (Å²) in [5.41, 5.74) is 2.79. The van der Waals surface area contributed by atoms with Gasteiger partial charge in [0.25, 0.3) is 5.91 Å². The number of carbonyl (C=O) groups is 3. The molecule has 3 aliphatic heterocycles. The van der Waals surface area contributed by atoms with Crippen molar-refractivity contribution in [2.75, 3.05) is 25.7 Å². The van der Waals surface area contributed by atoms with Crippen LogP contribution in [-0.2, 0) is 32.0 Å². The zero-order valence-corrected chi connectivity index (χ0v) is 23.3. The molecule has 2 amide bonds. The number of hydrogen-bond acceptors (Lipinski definition) is 8. The Balaban J connectivity index is 1.51. The molecule has 218 valence electrons. The van der Waals surface area contributed by atoms with Crippen LogP contribution in [0.2, 0.25) is 0 Å². The van der Waals surface area contributed by atoms with E-state index in [9.17, 15) is 19.5 Å². The minimum atomic E-state index is -1.27. The van der Waals surface area contributed by atoms with E-state index in [0.29, 0.717) is 19.4 Å². The van der Waals surface area contributed by atoms with Crippen LogP contribution in [0.15, 0.2) is 48.2 Å². The minimum absolute atomic E-state index is 0.109. The third-order valence-electron chi connectivity index (χ3n) is 7.43. The molecule has 0 spiro atoms. The summed E-state index contributed by atoms with van der Waals surface area (Å²) >= 11 is 0. The van der Waals surface area contributed by atoms with E-state index in [0.717, 1.165) is 34.4 Å². The second-order valence-electron chi connectivity index (χ2n) is 10.3. The van der Waals surface area contributed by atoms with Crippen molar-refractivity contribution >= 4 is 23.7 Å². The van der Waals surface area contributed by atoms with Crippen LogP contribution in [0.5, 0.6) is 11.5 Å². The fourth-order valence-corrected chi connectivity index (χ4v) is 5.47. The molecule has 2 unspecified atom stereocenters. The lowest BCUT2D eigenvalue weighted by molar-refractivity contribution is -0.194. The predicted octanol–water partition coefficient (Wildman–Crippen LogP) is 4.48. The van der Waals surface area contributed by atoms with Crippen LogP contribution in [0, 0.1) is 0 Å². The van der Waals surface area contributed by atoms with Crippen molar-refractivity contribution in [1.29, 1.82) is 0 Å². The number of nitrogens with zero attached hydrogens (tertiary/aromatic N) is 2. The van der Waals surface area contributed by atoms with Gasteiger partial charge in [0.15, 0.2) is 24.0 Å². The van der Waals surface area contributed by atoms with Crippen LogP contribution in [0.3, 0.4) is 0 Å². The van der Waals surface area contributed by atoms with E-state index in [-0.39, 0.29) is 47.7 Å². The molecule has 1 N–H and O–H groups in total. The van der Waals surface area contributed by atoms with Gasteiger partial charge in [-0.25, -0.2) is 9.69 Å². The van der Waals surface area contributed by atoms with Gasteiger partial charge in [0.2, 0.25) is 0 Å². The molecule has 0 aromatic heterocycles. The SMILES string of the molecule is COC(=O)Cc1cccc(COc2cc3c(cc2OC)C(=O)N2C=C(C)C[C@H]2C(OC2CCCCO2)N3C(=O)O)c1. The Kier molecular flexibility index (Phi) is 8.46. The molecule has 1 saturated heterocycles. The molecular weight excluding hydrogens is 532 g/mol. The maximum absolute atomic E-state index is 13.8. The summed E-state index contributed by atoms with van der Waals surface area (Å²) in [7, 11) is 2.79. The van der Waals surface area contributed by atoms with E-state index in [4.69, 9.17) is 23.7 Å². The molecule has 0 bridgehead atoms. The summed E-state index contributed by atoms with van der Waals surface area (Å²) < 4.78 is 28.5. The Hall–Kier alpha value is -4.09. The van der Waals surface area contributed by atoms with Crippen molar-refractivity contribution in [2.45, 2.75) is 64.2 Å². The predicted molar refractivity (Wildman–Crippen MR) is 147 cm³/mol. The average Bonchev–Trinajstić information content (AvgIpc) is 3.33. The van der Waals surface area contributed by atoms with Crippen LogP contribution in [-0.4, -0.2) is 67.4 Å². The molecule has 2 aromatic rings. The molecule has 11 heteroatoms. The Morgan fingerprint density at radius 2 is 1.90 bits per heavy atom. The van der Waals surface area contributed by atoms with Gasteiger partial charge in [-0.15, -0.1) is 0 Å². The Labute approximate surface area is 238 Å². The number of anilines is 1. The van der Waals surface area contributed by atoms with Crippen molar-refractivity contribution in [3.8, 4) is 11.5 Å². The number of hydrogen-bond donors (Lipinski definition) is 1. The summed E-state index contributed by atoms with van der Waals surface area (Å²) in [5, 5.41) is 10.5. The topological polar surface area (TPSA) is 124 Å². The first-order valence-electron chi connectivity index (χ1n) is 13.6. The van der Waals surface area contributed by atoms with Gasteiger partial charge >= 0.3 is 12.1 Å². The number of rotatable bonds is 8. The minimum Gasteiger partial charge on any atom is -0.493 e. The molecule has 5 rings (SSSR count). The quantitative estimate of drug-likeness (QED) is 0.461. The van der Waals surface area contributed by atoms with Gasteiger partial charge in [0.1, 0.15) is 6.61 Å². The summed E-state index contributed by atoms with van der Waals surface area (Å²) in [6.45, 7) is 2.54. The van der Waals surface area contributed by atoms with Crippen LogP contribution in [0.1, 0.15) is 54.1 Å². The first-order chi connectivity index (χ1) is 19.8. The van der Waals surface area contributed by atoms with Crippen LogP contribution < -0.4 is 14.4 Å². The van der Waals surface area contributed by atoms with E-state index in [2.05, 4.69) is 0 Å². The summed E-state index contributed by atoms with van der Waals surface area (Å²) in [4.78, 5) is 41.0. The van der Waals surface area contributed by atoms with E-state index >= 15 is 0 Å². The highest BCUT2D eigenvalue weighted by Crippen LogP contribution is 2.43. The molecular formula is C30H34N2O9. The maximum atomic E-state index is 13.8. The smallest absolute Gasteiger partial charge is 0.414 e. The molecule has 3 atom stereocenters. The van der Waals surface area contributed by atoms with Crippen molar-refractivity contribution in [3.63, 3.8) is 0 Å². The Morgan fingerprint density at radius 3 is 2.61 bits per heavy atom. The third kappa shape index (κ3) is 6.01. The molecule has 3 heterocycles. The lowest BCUT2D eigenvalue weighted by Crippen LogP contribution is -2.53. The molecule has 0 saturated carbocycles. The van der Waals surface area contributed by atoms with Gasteiger partial charge in [-0.1, -0.05) is 29.8 Å². The number of carboxylic acid groups (broad SMARTS) is 1. The Bertz CT molecular complexity index is 1350. The fraction of sp³-hybridized carbons (Fsp3) is 0.433. The molecule has 11 nitrogen and oxygen atoms in total. The first-order valence-corrected chi connectivity index (χ1v) is 13.6. The molecule has 2 aromatic carbocycles. The van der Waals surface area contributed by atoms with Gasteiger partial charge in [0, 0.05) is 18.9 Å².